The van der Waals surface area contributed by atoms with Crippen molar-refractivity contribution in [1.29, 1.82) is 0 Å². The highest BCUT2D eigenvalue weighted by atomic mass is 32.2. The molecule has 0 atom stereocenters. The molecule has 1 saturated heterocycles. The first kappa shape index (κ1) is 25.0. The van der Waals surface area contributed by atoms with E-state index in [0.29, 0.717) is 5.69 Å². The molecule has 182 valence electrons. The van der Waals surface area contributed by atoms with Crippen molar-refractivity contribution in [2.24, 2.45) is 0 Å². The number of alkyl halides is 2. The molecule has 0 unspecified atom stereocenters. The van der Waals surface area contributed by atoms with Gasteiger partial charge in [-0.25, -0.2) is 17.6 Å². The Bertz CT molecular complexity index is 1160. The molecule has 2 N–H and O–H groups in total. The molecule has 1 aliphatic rings. The van der Waals surface area contributed by atoms with Crippen LogP contribution in [0.15, 0.2) is 42.6 Å². The highest BCUT2D eigenvalue weighted by Crippen LogP contribution is 2.21. The number of rotatable bonds is 5. The maximum atomic E-state index is 13.8. The Kier molecular flexibility index (Phi) is 7.71. The number of pyridine rings is 1. The minimum atomic E-state index is -3.30. The lowest BCUT2D eigenvalue weighted by Crippen LogP contribution is -2.49. The molecular formula is C20H20F3N5O5S. The summed E-state index contributed by atoms with van der Waals surface area (Å²) in [5.41, 5.74) is 3.85. The zero-order valence-corrected chi connectivity index (χ0v) is 18.4. The van der Waals surface area contributed by atoms with Gasteiger partial charge in [-0.2, -0.15) is 8.78 Å². The summed E-state index contributed by atoms with van der Waals surface area (Å²) in [6.07, 6.45) is -2.19. The summed E-state index contributed by atoms with van der Waals surface area (Å²) in [5.74, 6) is -3.50. The van der Waals surface area contributed by atoms with Crippen LogP contribution in [0.4, 0.5) is 23.7 Å². The van der Waals surface area contributed by atoms with Gasteiger partial charge in [-0.05, 0) is 30.3 Å². The molecule has 2 aromatic rings. The van der Waals surface area contributed by atoms with E-state index in [4.69, 9.17) is 0 Å². The van der Waals surface area contributed by atoms with Crippen LogP contribution in [-0.2, 0) is 21.2 Å². The van der Waals surface area contributed by atoms with Crippen molar-refractivity contribution in [1.82, 2.24) is 20.7 Å². The number of carbonyl (C=O) groups excluding carboxylic acids is 3. The lowest BCUT2D eigenvalue weighted by atomic mass is 10.2. The number of aromatic nitrogens is 1. The van der Waals surface area contributed by atoms with Gasteiger partial charge in [0.1, 0.15) is 5.82 Å². The van der Waals surface area contributed by atoms with Gasteiger partial charge in [0.2, 0.25) is 0 Å². The number of anilines is 1. The first-order chi connectivity index (χ1) is 16.1. The van der Waals surface area contributed by atoms with E-state index in [9.17, 15) is 36.0 Å². The van der Waals surface area contributed by atoms with E-state index < -0.39 is 39.9 Å². The van der Waals surface area contributed by atoms with Gasteiger partial charge in [0, 0.05) is 25.0 Å². The average molecular weight is 499 g/mol. The molecule has 1 fully saturated rings. The lowest BCUT2D eigenvalue weighted by Gasteiger charge is -2.32. The van der Waals surface area contributed by atoms with Crippen molar-refractivity contribution >= 4 is 33.4 Å². The summed E-state index contributed by atoms with van der Waals surface area (Å²) in [6, 6.07) is 7.43. The van der Waals surface area contributed by atoms with Crippen molar-refractivity contribution in [3.05, 3.63) is 59.7 Å². The fraction of sp³-hybridized carbons (Fsp3) is 0.300. The molecular weight excluding hydrogens is 479 g/mol. The smallest absolute Gasteiger partial charge is 0.322 e. The zero-order valence-electron chi connectivity index (χ0n) is 17.6. The van der Waals surface area contributed by atoms with Gasteiger partial charge in [-0.3, -0.25) is 30.3 Å². The fourth-order valence-electron chi connectivity index (χ4n) is 3.05. The monoisotopic (exact) mass is 499 g/mol. The molecule has 0 saturated carbocycles. The van der Waals surface area contributed by atoms with Crippen molar-refractivity contribution in [3.63, 3.8) is 0 Å². The molecule has 2 heterocycles. The topological polar surface area (TPSA) is 129 Å². The van der Waals surface area contributed by atoms with E-state index in [-0.39, 0.29) is 42.4 Å². The Morgan fingerprint density at radius 3 is 2.38 bits per heavy atom. The predicted molar refractivity (Wildman–Crippen MR) is 114 cm³/mol. The third-order valence-electron chi connectivity index (χ3n) is 4.87. The summed E-state index contributed by atoms with van der Waals surface area (Å²) in [5, 5.41) is 0. The number of benzene rings is 1. The van der Waals surface area contributed by atoms with Crippen molar-refractivity contribution in [3.8, 4) is 0 Å². The van der Waals surface area contributed by atoms with E-state index in [1.807, 2.05) is 5.43 Å². The van der Waals surface area contributed by atoms with Gasteiger partial charge < -0.3 is 4.90 Å². The first-order valence-corrected chi connectivity index (χ1v) is 11.7. The predicted octanol–water partition coefficient (Wildman–Crippen LogP) is 1.10. The Morgan fingerprint density at radius 2 is 1.79 bits per heavy atom. The summed E-state index contributed by atoms with van der Waals surface area (Å²) in [4.78, 5) is 42.6. The second-order valence-corrected chi connectivity index (χ2v) is 9.57. The Balaban J connectivity index is 1.75. The number of nitrogens with one attached hydrogen (secondary N) is 2. The third kappa shape index (κ3) is 6.43. The number of amides is 4. The number of hydrazine groups is 1. The molecule has 10 nitrogen and oxygen atoms in total. The van der Waals surface area contributed by atoms with E-state index in [1.165, 1.54) is 40.1 Å². The van der Waals surface area contributed by atoms with Crippen LogP contribution >= 0.6 is 0 Å². The van der Waals surface area contributed by atoms with Crippen LogP contribution in [0.1, 0.15) is 16.1 Å². The van der Waals surface area contributed by atoms with Gasteiger partial charge in [-0.15, -0.1) is 0 Å². The normalized spacial score (nSPS) is 15.0. The number of halogens is 3. The molecule has 14 heteroatoms. The first-order valence-electron chi connectivity index (χ1n) is 9.91. The van der Waals surface area contributed by atoms with Crippen molar-refractivity contribution < 1.29 is 36.0 Å². The summed E-state index contributed by atoms with van der Waals surface area (Å²) < 4.78 is 61.6. The lowest BCUT2D eigenvalue weighted by molar-refractivity contribution is -0.132. The molecule has 1 aromatic carbocycles. The quantitative estimate of drug-likeness (QED) is 0.593. The third-order valence-corrected chi connectivity index (χ3v) is 6.48. The van der Waals surface area contributed by atoms with Gasteiger partial charge in [0.25, 0.3) is 5.91 Å². The van der Waals surface area contributed by atoms with E-state index in [2.05, 4.69) is 4.98 Å². The number of hydrogen-bond donors (Lipinski definition) is 2. The average Bonchev–Trinajstić information content (AvgIpc) is 2.80. The van der Waals surface area contributed by atoms with E-state index in [1.54, 1.807) is 5.43 Å². The van der Waals surface area contributed by atoms with Gasteiger partial charge in [0.05, 0.1) is 29.3 Å². The molecule has 0 radical (unpaired) electrons. The molecule has 1 aromatic heterocycles. The summed E-state index contributed by atoms with van der Waals surface area (Å²) in [6.45, 7) is -0.150. The van der Waals surface area contributed by atoms with E-state index >= 15 is 0 Å². The molecule has 4 amide bonds. The fourth-order valence-corrected chi connectivity index (χ4v) is 4.25. The zero-order chi connectivity index (χ0) is 24.9. The van der Waals surface area contributed by atoms with Crippen LogP contribution in [0, 0.1) is 5.82 Å². The Labute approximate surface area is 192 Å². The summed E-state index contributed by atoms with van der Waals surface area (Å²) >= 11 is 0. The maximum absolute atomic E-state index is 13.8. The van der Waals surface area contributed by atoms with Crippen LogP contribution in [0.5, 0.6) is 0 Å². The Hall–Kier alpha value is -3.68. The molecule has 34 heavy (non-hydrogen) atoms. The molecule has 1 aliphatic heterocycles. The molecule has 0 aliphatic carbocycles. The molecule has 0 spiro atoms. The minimum absolute atomic E-state index is 0.0101. The van der Waals surface area contributed by atoms with Crippen LogP contribution in [0.3, 0.4) is 0 Å². The number of sulfone groups is 1. The SMILES string of the molecule is O=C(NNC(=O)C(F)F)c1ccc(CN(C(=O)N2CCS(=O)(=O)CC2)c2cccc(F)c2)nc1. The highest BCUT2D eigenvalue weighted by Gasteiger charge is 2.29. The van der Waals surface area contributed by atoms with Gasteiger partial charge in [0.15, 0.2) is 9.84 Å². The number of urea groups is 1. The number of nitrogens with zero attached hydrogens (tertiary/aromatic N) is 3. The second kappa shape index (κ2) is 10.5. The number of hydrogen-bond acceptors (Lipinski definition) is 6. The van der Waals surface area contributed by atoms with Crippen molar-refractivity contribution in [2.45, 2.75) is 13.0 Å². The maximum Gasteiger partial charge on any atom is 0.324 e. The van der Waals surface area contributed by atoms with Crippen LogP contribution < -0.4 is 15.8 Å². The second-order valence-electron chi connectivity index (χ2n) is 7.27. The van der Waals surface area contributed by atoms with Crippen LogP contribution in [-0.4, -0.2) is 67.2 Å². The minimum Gasteiger partial charge on any atom is -0.322 e. The van der Waals surface area contributed by atoms with Crippen molar-refractivity contribution in [2.75, 3.05) is 29.5 Å². The summed E-state index contributed by atoms with van der Waals surface area (Å²) in [7, 11) is -3.22. The largest absolute Gasteiger partial charge is 0.324 e. The highest BCUT2D eigenvalue weighted by molar-refractivity contribution is 7.91. The molecule has 3 rings (SSSR count). The van der Waals surface area contributed by atoms with Gasteiger partial charge >= 0.3 is 18.4 Å². The van der Waals surface area contributed by atoms with Crippen LogP contribution in [0.25, 0.3) is 0 Å². The Morgan fingerprint density at radius 1 is 1.09 bits per heavy atom. The van der Waals surface area contributed by atoms with E-state index in [0.717, 1.165) is 12.3 Å². The molecule has 0 bridgehead atoms. The van der Waals surface area contributed by atoms with Gasteiger partial charge in [-0.1, -0.05) is 6.07 Å². The standard InChI is InChI=1S/C20H20F3N5O5S/c21-14-2-1-3-16(10-14)28(20(31)27-6-8-34(32,33)9-7-27)12-15-5-4-13(11-24-15)18(29)25-26-19(30)17(22)23/h1-5,10-11,17H,6-9,12H2,(H,25,29)(H,26,30). The number of carbonyl (C=O) groups is 3. The van der Waals surface area contributed by atoms with Crippen LogP contribution in [0.2, 0.25) is 0 Å².